The summed E-state index contributed by atoms with van der Waals surface area (Å²) in [4.78, 5) is 69.9. The lowest BCUT2D eigenvalue weighted by Gasteiger charge is -2.24. The fourth-order valence-corrected chi connectivity index (χ4v) is 12.5. The van der Waals surface area contributed by atoms with Gasteiger partial charge in [0.15, 0.2) is 11.9 Å². The molecule has 6 rings (SSSR count). The van der Waals surface area contributed by atoms with Gasteiger partial charge in [0.1, 0.15) is 19.8 Å². The Morgan fingerprint density at radius 2 is 1.33 bits per heavy atom. The molecular formula is C65H101N5O10P+. The summed E-state index contributed by atoms with van der Waals surface area (Å²) in [5, 5.41) is 0. The first-order valence-electron chi connectivity index (χ1n) is 31.1. The highest BCUT2D eigenvalue weighted by molar-refractivity contribution is 7.47. The highest BCUT2D eigenvalue weighted by Crippen LogP contribution is 2.47. The van der Waals surface area contributed by atoms with Crippen molar-refractivity contribution in [2.75, 3.05) is 54.1 Å². The number of aryl methyl sites for hydroxylation is 2. The van der Waals surface area contributed by atoms with Gasteiger partial charge in [-0.2, -0.15) is 0 Å². The summed E-state index contributed by atoms with van der Waals surface area (Å²) in [7, 11) is 1.26. The lowest BCUT2D eigenvalue weighted by molar-refractivity contribution is -0.870. The summed E-state index contributed by atoms with van der Waals surface area (Å²) < 4.78 is 42.4. The van der Waals surface area contributed by atoms with Crippen molar-refractivity contribution in [1.29, 1.82) is 0 Å². The van der Waals surface area contributed by atoms with E-state index in [1.165, 1.54) is 89.0 Å². The van der Waals surface area contributed by atoms with Crippen LogP contribution in [0.4, 0.5) is 0 Å². The number of phosphoric ester groups is 1. The first-order valence-corrected chi connectivity index (χ1v) is 32.6. The van der Waals surface area contributed by atoms with Gasteiger partial charge in [-0.05, 0) is 93.9 Å². The number of aromatic amines is 2. The number of fused-ring (bicyclic) bond motifs is 8. The van der Waals surface area contributed by atoms with Crippen molar-refractivity contribution in [3.8, 4) is 0 Å². The molecule has 450 valence electrons. The average molecular weight is 1140 g/mol. The molecule has 0 saturated heterocycles. The predicted octanol–water partition coefficient (Wildman–Crippen LogP) is 15.1. The Balaban J connectivity index is 1.22. The first kappa shape index (κ1) is 65.7. The number of esters is 2. The van der Waals surface area contributed by atoms with Gasteiger partial charge in [-0.1, -0.05) is 137 Å². The number of nitrogens with zero attached hydrogens (tertiary/aromatic N) is 3. The van der Waals surface area contributed by atoms with Crippen LogP contribution < -0.4 is 0 Å². The summed E-state index contributed by atoms with van der Waals surface area (Å²) >= 11 is 0. The second-order valence-corrected chi connectivity index (χ2v) is 25.7. The van der Waals surface area contributed by atoms with Crippen LogP contribution in [0.2, 0.25) is 0 Å². The Morgan fingerprint density at radius 1 is 0.728 bits per heavy atom. The van der Waals surface area contributed by atoms with E-state index in [0.29, 0.717) is 41.7 Å². The predicted molar refractivity (Wildman–Crippen MR) is 325 cm³/mol. The van der Waals surface area contributed by atoms with Crippen molar-refractivity contribution in [2.45, 2.75) is 234 Å². The van der Waals surface area contributed by atoms with Crippen LogP contribution in [0.25, 0.3) is 33.3 Å². The third-order valence-electron chi connectivity index (χ3n) is 16.7. The van der Waals surface area contributed by atoms with Crippen molar-refractivity contribution < 1.29 is 51.6 Å². The fourth-order valence-electron chi connectivity index (χ4n) is 11.8. The van der Waals surface area contributed by atoms with Crippen LogP contribution in [0, 0.1) is 6.92 Å². The number of rotatable bonds is 37. The standard InChI is InChI=1S/C65H100N5O10P/c1-12-15-17-19-21-22-23-24-25-26-27-28-30-32-60(72)77-42-49(43-79-81(74,75)78-37-35-70(9,10)11)80-61(73)34-33-51-45(5)54-39-55-46(6)62(48(8)76-36-31-29-20-18-16-13-2)58(67-55)41-53-44(4)50(14-3)57(66-53)40-56-47(7)63-59(71)38-52(64(51)68-54)65(63)69-56/h39-41,45,48-49,51H,12-38,42-43H2,1-11H3,(H2-,66,67,68,69,71,74,75)/p+1. The number of hydrogen-bond acceptors (Lipinski definition) is 11. The molecule has 0 fully saturated rings. The zero-order valence-corrected chi connectivity index (χ0v) is 52.4. The number of unbranched alkanes of at least 4 members (excludes halogenated alkanes) is 17. The molecule has 16 heteroatoms. The number of likely N-dealkylation sites (N-methyl/N-ethyl adjacent to an activating group) is 1. The second kappa shape index (κ2) is 32.0. The highest BCUT2D eigenvalue weighted by atomic mass is 31.2. The molecule has 2 aromatic rings. The van der Waals surface area contributed by atoms with E-state index >= 15 is 0 Å². The quantitative estimate of drug-likeness (QED) is 0.0251. The van der Waals surface area contributed by atoms with Gasteiger partial charge in [0.2, 0.25) is 0 Å². The van der Waals surface area contributed by atoms with Gasteiger partial charge < -0.3 is 33.6 Å². The van der Waals surface area contributed by atoms with Gasteiger partial charge in [0.05, 0.1) is 56.6 Å². The van der Waals surface area contributed by atoms with Gasteiger partial charge >= 0.3 is 19.8 Å². The normalized spacial score (nSPS) is 17.2. The van der Waals surface area contributed by atoms with E-state index in [-0.39, 0.29) is 56.2 Å². The molecule has 0 aromatic carbocycles. The monoisotopic (exact) mass is 1140 g/mol. The van der Waals surface area contributed by atoms with E-state index in [0.717, 1.165) is 106 Å². The van der Waals surface area contributed by atoms with Crippen molar-refractivity contribution in [2.24, 2.45) is 0 Å². The lowest BCUT2D eigenvalue weighted by Crippen LogP contribution is -2.37. The van der Waals surface area contributed by atoms with E-state index in [4.69, 9.17) is 33.2 Å². The Labute approximate surface area is 485 Å². The number of allylic oxidation sites excluding steroid dienone is 3. The molecule has 3 aliphatic heterocycles. The van der Waals surface area contributed by atoms with Crippen molar-refractivity contribution >= 4 is 58.9 Å². The molecule has 4 aliphatic rings. The van der Waals surface area contributed by atoms with Crippen molar-refractivity contribution in [3.63, 3.8) is 0 Å². The SMILES string of the molecule is CCCCCCCCCCCCCCCC(=O)OCC(COP(=O)(O)OCC[N+](C)(C)C)OC(=O)CCC1c2[nH]c(cc3nc(cc4[nH]c(cc5nc6c2CC(=O)C6=C5C)c(CC)c4C)C(C(C)OCCCCCCCC)=C3C)C1C. The van der Waals surface area contributed by atoms with Crippen LogP contribution in [0.5, 0.6) is 0 Å². The van der Waals surface area contributed by atoms with Crippen LogP contribution in [0.1, 0.15) is 252 Å². The molecule has 0 spiro atoms. The average Bonchev–Trinajstić information content (AvgIpc) is 4.34. The van der Waals surface area contributed by atoms with Gasteiger partial charge in [0.25, 0.3) is 0 Å². The third kappa shape index (κ3) is 19.3. The maximum atomic E-state index is 14.1. The summed E-state index contributed by atoms with van der Waals surface area (Å²) in [6.45, 7) is 17.3. The van der Waals surface area contributed by atoms with Crippen LogP contribution in [0.3, 0.4) is 0 Å². The highest BCUT2D eigenvalue weighted by Gasteiger charge is 2.39. The molecule has 5 heterocycles. The zero-order chi connectivity index (χ0) is 58.7. The summed E-state index contributed by atoms with van der Waals surface area (Å²) in [5.74, 6) is -1.44. The second-order valence-electron chi connectivity index (χ2n) is 24.3. The van der Waals surface area contributed by atoms with Crippen molar-refractivity contribution in [3.05, 3.63) is 69.1 Å². The van der Waals surface area contributed by atoms with Crippen LogP contribution in [0.15, 0.2) is 18.2 Å². The number of carbonyl (C=O) groups is 3. The number of quaternary nitrogens is 1. The molecule has 5 atom stereocenters. The minimum absolute atomic E-state index is 0.00239. The van der Waals surface area contributed by atoms with Crippen LogP contribution >= 0.6 is 7.82 Å². The molecule has 5 unspecified atom stereocenters. The largest absolute Gasteiger partial charge is 0.472 e. The Morgan fingerprint density at radius 3 is 1.96 bits per heavy atom. The minimum atomic E-state index is -4.56. The molecule has 15 nitrogen and oxygen atoms in total. The van der Waals surface area contributed by atoms with Gasteiger partial charge in [-0.15, -0.1) is 0 Å². The van der Waals surface area contributed by atoms with E-state index < -0.39 is 32.5 Å². The Bertz CT molecular complexity index is 2770. The number of aromatic nitrogens is 4. The molecule has 0 saturated carbocycles. The number of carbonyl (C=O) groups excluding carboxylic acids is 3. The number of nitrogens with one attached hydrogen (secondary N) is 2. The summed E-state index contributed by atoms with van der Waals surface area (Å²) in [6, 6.07) is 6.31. The maximum absolute atomic E-state index is 14.1. The van der Waals surface area contributed by atoms with E-state index in [1.807, 2.05) is 28.1 Å². The van der Waals surface area contributed by atoms with E-state index in [1.54, 1.807) is 0 Å². The third-order valence-corrected chi connectivity index (χ3v) is 17.7. The molecule has 1 aliphatic carbocycles. The molecule has 3 N–H and O–H groups in total. The number of phosphoric acid groups is 1. The van der Waals surface area contributed by atoms with Gasteiger partial charge in [-0.25, -0.2) is 14.5 Å². The van der Waals surface area contributed by atoms with Gasteiger partial charge in [-0.3, -0.25) is 23.4 Å². The van der Waals surface area contributed by atoms with E-state index in [2.05, 4.69) is 76.6 Å². The first-order chi connectivity index (χ1) is 38.7. The van der Waals surface area contributed by atoms with Gasteiger partial charge in [0, 0.05) is 76.8 Å². The number of ketones is 1. The van der Waals surface area contributed by atoms with E-state index in [9.17, 15) is 23.8 Å². The Hall–Kier alpha value is -4.50. The smallest absolute Gasteiger partial charge is 0.462 e. The summed E-state index contributed by atoms with van der Waals surface area (Å²) in [6.07, 6.45) is 22.6. The summed E-state index contributed by atoms with van der Waals surface area (Å²) in [5.41, 5.74) is 13.3. The molecular weight excluding hydrogens is 1040 g/mol. The van der Waals surface area contributed by atoms with Crippen LogP contribution in [-0.4, -0.2) is 113 Å². The molecule has 81 heavy (non-hydrogen) atoms. The number of ether oxygens (including phenoxy) is 3. The van der Waals surface area contributed by atoms with Crippen molar-refractivity contribution in [1.82, 2.24) is 19.9 Å². The lowest BCUT2D eigenvalue weighted by atomic mass is 9.85. The molecule has 8 bridgehead atoms. The molecule has 0 amide bonds. The minimum Gasteiger partial charge on any atom is -0.462 e. The van der Waals surface area contributed by atoms with Crippen LogP contribution in [-0.2, 0) is 55.0 Å². The number of Topliss-reactive ketones (excluding diaryl/α,β-unsaturated/α-hetero) is 1. The number of hydrogen-bond donors (Lipinski definition) is 3. The molecule has 2 aromatic heterocycles. The zero-order valence-electron chi connectivity index (χ0n) is 51.5. The fraction of sp³-hybridized carbons (Fsp3) is 0.677. The molecule has 0 radical (unpaired) electrons. The topological polar surface area (TPSA) is 192 Å². The number of H-pyrrole nitrogens is 2. The Kier molecular flexibility index (Phi) is 25.9. The maximum Gasteiger partial charge on any atom is 0.472 e.